The van der Waals surface area contributed by atoms with Crippen molar-refractivity contribution in [1.29, 1.82) is 0 Å². The predicted octanol–water partition coefficient (Wildman–Crippen LogP) is 2.90. The first-order chi connectivity index (χ1) is 10.1. The molecule has 0 aliphatic heterocycles. The number of ether oxygens (including phenoxy) is 1. The summed E-state index contributed by atoms with van der Waals surface area (Å²) in [5.74, 6) is 0.555. The van der Waals surface area contributed by atoms with Gasteiger partial charge in [0.2, 0.25) is 0 Å². The fourth-order valence-corrected chi connectivity index (χ4v) is 2.06. The van der Waals surface area contributed by atoms with Crippen LogP contribution in [-0.2, 0) is 6.54 Å². The molecule has 0 fully saturated rings. The molecule has 110 valence electrons. The molecule has 0 radical (unpaired) electrons. The Morgan fingerprint density at radius 3 is 2.57 bits per heavy atom. The van der Waals surface area contributed by atoms with Crippen LogP contribution in [0.25, 0.3) is 0 Å². The summed E-state index contributed by atoms with van der Waals surface area (Å²) in [7, 11) is 1.54. The van der Waals surface area contributed by atoms with Gasteiger partial charge in [-0.1, -0.05) is 23.7 Å². The number of halogens is 1. The minimum absolute atomic E-state index is 0.0154. The van der Waals surface area contributed by atoms with Crippen molar-refractivity contribution in [3.05, 3.63) is 58.6 Å². The summed E-state index contributed by atoms with van der Waals surface area (Å²) in [6.45, 7) is 0.850. The summed E-state index contributed by atoms with van der Waals surface area (Å²) >= 11 is 5.82. The quantitative estimate of drug-likeness (QED) is 0.636. The highest BCUT2D eigenvalue weighted by molar-refractivity contribution is 6.30. The lowest BCUT2D eigenvalue weighted by Crippen LogP contribution is -2.22. The van der Waals surface area contributed by atoms with Gasteiger partial charge in [0.1, 0.15) is 5.75 Å². The summed E-state index contributed by atoms with van der Waals surface area (Å²) in [5, 5.41) is 3.80. The van der Waals surface area contributed by atoms with Crippen molar-refractivity contribution in [2.45, 2.75) is 6.54 Å². The summed E-state index contributed by atoms with van der Waals surface area (Å²) in [4.78, 5) is 12.1. The normalized spacial score (nSPS) is 10.4. The van der Waals surface area contributed by atoms with Crippen LogP contribution in [0.5, 0.6) is 5.75 Å². The number of carbonyl (C=O) groups excluding carboxylic acids is 1. The van der Waals surface area contributed by atoms with Crippen molar-refractivity contribution >= 4 is 23.1 Å². The first kappa shape index (κ1) is 15.4. The van der Waals surface area contributed by atoms with Gasteiger partial charge in [0.05, 0.1) is 19.3 Å². The molecule has 4 nitrogen and oxygen atoms in total. The number of benzene rings is 2. The third-order valence-electron chi connectivity index (χ3n) is 3.08. The Bertz CT molecular complexity index is 627. The number of nitrogens with two attached hydrogens (primary N) is 1. The van der Waals surface area contributed by atoms with Crippen LogP contribution in [0.4, 0.5) is 5.69 Å². The van der Waals surface area contributed by atoms with E-state index in [-0.39, 0.29) is 12.3 Å². The van der Waals surface area contributed by atoms with Crippen LogP contribution >= 0.6 is 11.6 Å². The fraction of sp³-hybridized carbons (Fsp3) is 0.188. The van der Waals surface area contributed by atoms with Crippen molar-refractivity contribution in [3.8, 4) is 5.75 Å². The molecule has 2 rings (SSSR count). The van der Waals surface area contributed by atoms with E-state index in [1.807, 2.05) is 24.3 Å². The minimum Gasteiger partial charge on any atom is -0.495 e. The van der Waals surface area contributed by atoms with Crippen LogP contribution in [0.3, 0.4) is 0 Å². The average molecular weight is 305 g/mol. The lowest BCUT2D eigenvalue weighted by atomic mass is 10.1. The van der Waals surface area contributed by atoms with Gasteiger partial charge < -0.3 is 15.8 Å². The van der Waals surface area contributed by atoms with Crippen molar-refractivity contribution in [2.75, 3.05) is 19.4 Å². The molecule has 0 amide bonds. The van der Waals surface area contributed by atoms with Crippen LogP contribution in [0.1, 0.15) is 15.9 Å². The molecule has 0 atom stereocenters. The lowest BCUT2D eigenvalue weighted by molar-refractivity contribution is 0.0991. The molecule has 2 aromatic carbocycles. The van der Waals surface area contributed by atoms with E-state index in [2.05, 4.69) is 5.32 Å². The van der Waals surface area contributed by atoms with Crippen LogP contribution in [-0.4, -0.2) is 19.4 Å². The second kappa shape index (κ2) is 7.11. The number of hydrogen-bond acceptors (Lipinski definition) is 4. The molecule has 5 heteroatoms. The maximum absolute atomic E-state index is 12.1. The van der Waals surface area contributed by atoms with E-state index < -0.39 is 0 Å². The highest BCUT2D eigenvalue weighted by Crippen LogP contribution is 2.21. The van der Waals surface area contributed by atoms with Crippen LogP contribution in [0.2, 0.25) is 5.02 Å². The number of carbonyl (C=O) groups is 1. The van der Waals surface area contributed by atoms with E-state index in [9.17, 15) is 4.79 Å². The Morgan fingerprint density at radius 1 is 1.24 bits per heavy atom. The second-order valence-corrected chi connectivity index (χ2v) is 5.05. The van der Waals surface area contributed by atoms with E-state index in [0.29, 0.717) is 28.6 Å². The Balaban J connectivity index is 1.89. The van der Waals surface area contributed by atoms with Crippen molar-refractivity contribution in [2.24, 2.45) is 0 Å². The molecular formula is C16H17ClN2O2. The molecule has 0 aromatic heterocycles. The van der Waals surface area contributed by atoms with Gasteiger partial charge in [-0.05, 0) is 35.9 Å². The molecule has 21 heavy (non-hydrogen) atoms. The molecular weight excluding hydrogens is 288 g/mol. The number of nitrogens with one attached hydrogen (secondary N) is 1. The Kier molecular flexibility index (Phi) is 5.20. The van der Waals surface area contributed by atoms with Gasteiger partial charge in [-0.2, -0.15) is 0 Å². The summed E-state index contributed by atoms with van der Waals surface area (Å²) in [5.41, 5.74) is 7.89. The molecule has 0 saturated heterocycles. The van der Waals surface area contributed by atoms with Gasteiger partial charge in [0, 0.05) is 17.1 Å². The van der Waals surface area contributed by atoms with Gasteiger partial charge in [-0.3, -0.25) is 4.79 Å². The van der Waals surface area contributed by atoms with E-state index in [0.717, 1.165) is 5.56 Å². The molecule has 2 aromatic rings. The first-order valence-electron chi connectivity index (χ1n) is 6.52. The number of ketones is 1. The topological polar surface area (TPSA) is 64.3 Å². The zero-order valence-corrected chi connectivity index (χ0v) is 12.5. The summed E-state index contributed by atoms with van der Waals surface area (Å²) < 4.78 is 5.07. The van der Waals surface area contributed by atoms with Crippen molar-refractivity contribution in [3.63, 3.8) is 0 Å². The fourth-order valence-electron chi connectivity index (χ4n) is 1.93. The summed E-state index contributed by atoms with van der Waals surface area (Å²) in [6, 6.07) is 12.5. The van der Waals surface area contributed by atoms with E-state index in [1.54, 1.807) is 25.3 Å². The standard InChI is InChI=1S/C16H17ClN2O2/c1-21-16-7-4-12(8-14(16)18)15(20)10-19-9-11-2-5-13(17)6-3-11/h2-8,19H,9-10,18H2,1H3. The van der Waals surface area contributed by atoms with Crippen LogP contribution in [0, 0.1) is 0 Å². The zero-order chi connectivity index (χ0) is 15.2. The average Bonchev–Trinajstić information content (AvgIpc) is 2.49. The molecule has 0 saturated carbocycles. The van der Waals surface area contributed by atoms with Gasteiger partial charge in [0.15, 0.2) is 5.78 Å². The monoisotopic (exact) mass is 304 g/mol. The van der Waals surface area contributed by atoms with Crippen LogP contribution in [0.15, 0.2) is 42.5 Å². The number of Topliss-reactive ketones (excluding diaryl/α,β-unsaturated/α-hetero) is 1. The molecule has 0 heterocycles. The highest BCUT2D eigenvalue weighted by atomic mass is 35.5. The predicted molar refractivity (Wildman–Crippen MR) is 84.9 cm³/mol. The Hall–Kier alpha value is -2.04. The Morgan fingerprint density at radius 2 is 1.95 bits per heavy atom. The second-order valence-electron chi connectivity index (χ2n) is 4.61. The number of anilines is 1. The first-order valence-corrected chi connectivity index (χ1v) is 6.90. The molecule has 0 aliphatic carbocycles. The zero-order valence-electron chi connectivity index (χ0n) is 11.7. The third-order valence-corrected chi connectivity index (χ3v) is 3.33. The highest BCUT2D eigenvalue weighted by Gasteiger charge is 2.08. The molecule has 3 N–H and O–H groups in total. The lowest BCUT2D eigenvalue weighted by Gasteiger charge is -2.08. The molecule has 0 aliphatic rings. The summed E-state index contributed by atoms with van der Waals surface area (Å²) in [6.07, 6.45) is 0. The van der Waals surface area contributed by atoms with E-state index in [4.69, 9.17) is 22.1 Å². The van der Waals surface area contributed by atoms with Gasteiger partial charge in [-0.25, -0.2) is 0 Å². The SMILES string of the molecule is COc1ccc(C(=O)CNCc2ccc(Cl)cc2)cc1N. The smallest absolute Gasteiger partial charge is 0.176 e. The van der Waals surface area contributed by atoms with Gasteiger partial charge >= 0.3 is 0 Å². The molecule has 0 unspecified atom stereocenters. The van der Waals surface area contributed by atoms with E-state index >= 15 is 0 Å². The maximum Gasteiger partial charge on any atom is 0.176 e. The molecule has 0 bridgehead atoms. The number of rotatable bonds is 6. The number of nitrogen functional groups attached to an aromatic ring is 1. The molecule has 0 spiro atoms. The van der Waals surface area contributed by atoms with E-state index in [1.165, 1.54) is 0 Å². The number of methoxy groups -OCH3 is 1. The Labute approximate surface area is 128 Å². The maximum atomic E-state index is 12.1. The van der Waals surface area contributed by atoms with Gasteiger partial charge in [-0.15, -0.1) is 0 Å². The van der Waals surface area contributed by atoms with Crippen LogP contribution < -0.4 is 15.8 Å². The van der Waals surface area contributed by atoms with Crippen molar-refractivity contribution in [1.82, 2.24) is 5.32 Å². The van der Waals surface area contributed by atoms with Gasteiger partial charge in [0.25, 0.3) is 0 Å². The number of hydrogen-bond donors (Lipinski definition) is 2. The van der Waals surface area contributed by atoms with Crippen molar-refractivity contribution < 1.29 is 9.53 Å². The minimum atomic E-state index is -0.0154. The largest absolute Gasteiger partial charge is 0.495 e. The third kappa shape index (κ3) is 4.21.